The normalized spacial score (nSPS) is 24.1. The van der Waals surface area contributed by atoms with Crippen molar-refractivity contribution in [1.29, 1.82) is 5.26 Å². The monoisotopic (exact) mass is 365 g/mol. The summed E-state index contributed by atoms with van der Waals surface area (Å²) in [5, 5.41) is 12.6. The predicted octanol–water partition coefficient (Wildman–Crippen LogP) is 3.42. The summed E-state index contributed by atoms with van der Waals surface area (Å²) in [5.41, 5.74) is 1.61. The number of nitrogens with zero attached hydrogens (tertiary/aromatic N) is 4. The molecule has 1 aromatic carbocycles. The fraction of sp³-hybridized carbons (Fsp3) is 0.400. The Morgan fingerprint density at radius 2 is 2.07 bits per heavy atom. The van der Waals surface area contributed by atoms with Gasteiger partial charge in [0.05, 0.1) is 6.04 Å². The molecule has 0 spiro atoms. The van der Waals surface area contributed by atoms with Gasteiger partial charge in [0.15, 0.2) is 11.5 Å². The smallest absolute Gasteiger partial charge is 0.224 e. The Labute approximate surface area is 157 Å². The number of aromatic nitrogens is 2. The van der Waals surface area contributed by atoms with Crippen LogP contribution in [0.1, 0.15) is 44.0 Å². The molecular weight excluding hydrogens is 345 g/mol. The predicted molar refractivity (Wildman–Crippen MR) is 98.3 cm³/mol. The summed E-state index contributed by atoms with van der Waals surface area (Å²) in [6.45, 7) is 3.62. The van der Waals surface area contributed by atoms with Crippen molar-refractivity contribution in [3.8, 4) is 6.07 Å². The molecule has 1 aromatic heterocycles. The summed E-state index contributed by atoms with van der Waals surface area (Å²) >= 11 is 0. The van der Waals surface area contributed by atoms with Gasteiger partial charge in [-0.15, -0.1) is 0 Å². The van der Waals surface area contributed by atoms with Crippen LogP contribution in [0.3, 0.4) is 0 Å². The third-order valence-electron chi connectivity index (χ3n) is 5.49. The van der Waals surface area contributed by atoms with Crippen molar-refractivity contribution in [1.82, 2.24) is 9.97 Å². The van der Waals surface area contributed by atoms with Gasteiger partial charge in [-0.2, -0.15) is 5.26 Å². The minimum absolute atomic E-state index is 0.0178. The van der Waals surface area contributed by atoms with Gasteiger partial charge >= 0.3 is 0 Å². The number of fused-ring (bicyclic) bond motifs is 1. The summed E-state index contributed by atoms with van der Waals surface area (Å²) in [5.74, 6) is 0.425. The van der Waals surface area contributed by atoms with Crippen LogP contribution in [0.25, 0.3) is 0 Å². The minimum Gasteiger partial charge on any atom is -0.360 e. The number of benzene rings is 1. The summed E-state index contributed by atoms with van der Waals surface area (Å²) in [4.78, 5) is 22.6. The Kier molecular flexibility index (Phi) is 4.27. The van der Waals surface area contributed by atoms with Crippen molar-refractivity contribution in [3.05, 3.63) is 47.7 Å². The number of amides is 1. The van der Waals surface area contributed by atoms with E-state index in [0.717, 1.165) is 18.5 Å². The molecule has 2 heterocycles. The second-order valence-electron chi connectivity index (χ2n) is 7.27. The van der Waals surface area contributed by atoms with Gasteiger partial charge in [-0.3, -0.25) is 4.79 Å². The van der Waals surface area contributed by atoms with E-state index < -0.39 is 0 Å². The van der Waals surface area contributed by atoms with E-state index in [4.69, 9.17) is 0 Å². The second-order valence-corrected chi connectivity index (χ2v) is 7.27. The Bertz CT molecular complexity index is 936. The van der Waals surface area contributed by atoms with Crippen molar-refractivity contribution >= 4 is 17.4 Å². The molecule has 6 nitrogen and oxygen atoms in total. The van der Waals surface area contributed by atoms with E-state index in [1.807, 2.05) is 11.0 Å². The largest absolute Gasteiger partial charge is 0.360 e. The van der Waals surface area contributed by atoms with Crippen molar-refractivity contribution < 1.29 is 9.18 Å². The molecule has 1 saturated carbocycles. The molecular formula is C20H20FN5O. The highest BCUT2D eigenvalue weighted by molar-refractivity contribution is 5.94. The molecule has 0 saturated heterocycles. The van der Waals surface area contributed by atoms with Gasteiger partial charge in [0.1, 0.15) is 11.9 Å². The van der Waals surface area contributed by atoms with Gasteiger partial charge in [-0.1, -0.05) is 6.92 Å². The number of halogens is 1. The zero-order valence-electron chi connectivity index (χ0n) is 15.2. The molecule has 1 amide bonds. The van der Waals surface area contributed by atoms with Crippen molar-refractivity contribution in [3.63, 3.8) is 0 Å². The molecule has 0 unspecified atom stereocenters. The summed E-state index contributed by atoms with van der Waals surface area (Å²) in [7, 11) is 0. The lowest BCUT2D eigenvalue weighted by Crippen LogP contribution is -2.51. The third-order valence-corrected chi connectivity index (χ3v) is 5.49. The Hall–Kier alpha value is -3.01. The molecule has 2 aromatic rings. The van der Waals surface area contributed by atoms with Crippen LogP contribution in [0.15, 0.2) is 30.6 Å². The average molecular weight is 365 g/mol. The van der Waals surface area contributed by atoms with Gasteiger partial charge in [0.25, 0.3) is 0 Å². The third kappa shape index (κ3) is 3.01. The van der Waals surface area contributed by atoms with E-state index in [9.17, 15) is 14.4 Å². The van der Waals surface area contributed by atoms with Crippen LogP contribution in [-0.4, -0.2) is 21.9 Å². The SMILES string of the molecule is CC(=O)N1c2ccc(F)cc2[C@H](Nc2nccnc2C#N)[C@@H](C)[C@@H]1C1CC1. The molecule has 0 bridgehead atoms. The second kappa shape index (κ2) is 6.62. The Morgan fingerprint density at radius 3 is 2.74 bits per heavy atom. The standard InChI is InChI=1S/C20H20FN5O/c1-11-18(25-20-16(10-22)23-7-8-24-20)15-9-14(21)5-6-17(15)26(12(2)27)19(11)13-3-4-13/h5-9,11,13,18-19H,3-4H2,1-2H3,(H,24,25)/t11-,18-,19-/m1/s1. The molecule has 2 aliphatic rings. The number of anilines is 2. The van der Waals surface area contributed by atoms with Crippen LogP contribution in [0.2, 0.25) is 0 Å². The number of carbonyl (C=O) groups excluding carboxylic acids is 1. The van der Waals surface area contributed by atoms with E-state index in [-0.39, 0.29) is 35.4 Å². The van der Waals surface area contributed by atoms with Gasteiger partial charge in [-0.05, 0) is 37.0 Å². The Balaban J connectivity index is 1.83. The molecule has 7 heteroatoms. The van der Waals surface area contributed by atoms with E-state index in [1.54, 1.807) is 13.0 Å². The van der Waals surface area contributed by atoms with E-state index in [2.05, 4.69) is 22.2 Å². The number of rotatable bonds is 3. The minimum atomic E-state index is -0.360. The van der Waals surface area contributed by atoms with Crippen LogP contribution in [0.5, 0.6) is 0 Å². The fourth-order valence-electron chi connectivity index (χ4n) is 4.21. The van der Waals surface area contributed by atoms with Crippen LogP contribution in [0, 0.1) is 29.0 Å². The first kappa shape index (κ1) is 17.4. The number of carbonyl (C=O) groups is 1. The van der Waals surface area contributed by atoms with Crippen molar-refractivity contribution in [2.75, 3.05) is 10.2 Å². The van der Waals surface area contributed by atoms with Crippen LogP contribution < -0.4 is 10.2 Å². The zero-order valence-corrected chi connectivity index (χ0v) is 15.2. The van der Waals surface area contributed by atoms with Crippen LogP contribution in [-0.2, 0) is 4.79 Å². The van der Waals surface area contributed by atoms with Gasteiger partial charge in [0, 0.05) is 42.5 Å². The van der Waals surface area contributed by atoms with E-state index >= 15 is 0 Å². The Morgan fingerprint density at radius 1 is 1.33 bits per heavy atom. The van der Waals surface area contributed by atoms with Gasteiger partial charge in [-0.25, -0.2) is 14.4 Å². The zero-order chi connectivity index (χ0) is 19.1. The van der Waals surface area contributed by atoms with Crippen molar-refractivity contribution in [2.24, 2.45) is 11.8 Å². The highest BCUT2D eigenvalue weighted by Crippen LogP contribution is 2.50. The van der Waals surface area contributed by atoms with Gasteiger partial charge < -0.3 is 10.2 Å². The molecule has 1 fully saturated rings. The first-order valence-electron chi connectivity index (χ1n) is 9.08. The number of nitriles is 1. The summed E-state index contributed by atoms with van der Waals surface area (Å²) < 4.78 is 14.1. The van der Waals surface area contributed by atoms with E-state index in [1.165, 1.54) is 24.5 Å². The summed E-state index contributed by atoms with van der Waals surface area (Å²) in [6.07, 6.45) is 5.14. The molecule has 1 N–H and O–H groups in total. The lowest BCUT2D eigenvalue weighted by molar-refractivity contribution is -0.117. The summed E-state index contributed by atoms with van der Waals surface area (Å²) in [6, 6.07) is 6.30. The quantitative estimate of drug-likeness (QED) is 0.901. The first-order valence-corrected chi connectivity index (χ1v) is 9.08. The lowest BCUT2D eigenvalue weighted by atomic mass is 9.80. The van der Waals surface area contributed by atoms with Crippen LogP contribution in [0.4, 0.5) is 15.9 Å². The lowest BCUT2D eigenvalue weighted by Gasteiger charge is -2.45. The molecule has 1 aliphatic heterocycles. The molecule has 3 atom stereocenters. The average Bonchev–Trinajstić information content (AvgIpc) is 3.48. The molecule has 0 radical (unpaired) electrons. The first-order chi connectivity index (χ1) is 13.0. The molecule has 138 valence electrons. The number of nitrogens with one attached hydrogen (secondary N) is 1. The maximum atomic E-state index is 14.1. The number of hydrogen-bond donors (Lipinski definition) is 1. The van der Waals surface area contributed by atoms with E-state index in [0.29, 0.717) is 17.3 Å². The molecule has 27 heavy (non-hydrogen) atoms. The highest BCUT2D eigenvalue weighted by Gasteiger charge is 2.47. The van der Waals surface area contributed by atoms with Crippen LogP contribution >= 0.6 is 0 Å². The highest BCUT2D eigenvalue weighted by atomic mass is 19.1. The maximum Gasteiger partial charge on any atom is 0.224 e. The molecule has 4 rings (SSSR count). The number of hydrogen-bond acceptors (Lipinski definition) is 5. The maximum absolute atomic E-state index is 14.1. The van der Waals surface area contributed by atoms with Crippen molar-refractivity contribution in [2.45, 2.75) is 38.8 Å². The topological polar surface area (TPSA) is 81.9 Å². The molecule has 1 aliphatic carbocycles. The van der Waals surface area contributed by atoms with Gasteiger partial charge in [0.2, 0.25) is 5.91 Å². The fourth-order valence-corrected chi connectivity index (χ4v) is 4.21.